The average Bonchev–Trinajstić information content (AvgIpc) is 3.53. The molecule has 0 saturated carbocycles. The van der Waals surface area contributed by atoms with Crippen LogP contribution in [0.4, 0.5) is 0 Å². The lowest BCUT2D eigenvalue weighted by atomic mass is 9.95. The van der Waals surface area contributed by atoms with Gasteiger partial charge in [0.15, 0.2) is 8.38 Å². The maximum absolute atomic E-state index is 11.0. The third-order valence-corrected chi connectivity index (χ3v) is 9.12. The quantitative estimate of drug-likeness (QED) is 0.0843. The zero-order valence-electron chi connectivity index (χ0n) is 22.6. The van der Waals surface area contributed by atoms with Gasteiger partial charge in [0.1, 0.15) is 6.29 Å². The van der Waals surface area contributed by atoms with Crippen molar-refractivity contribution in [1.82, 2.24) is 19.2 Å². The van der Waals surface area contributed by atoms with Crippen LogP contribution in [0.25, 0.3) is 10.2 Å². The van der Waals surface area contributed by atoms with Gasteiger partial charge in [-0.15, -0.1) is 11.3 Å². The number of hydrogen-bond acceptors (Lipinski definition) is 11. The van der Waals surface area contributed by atoms with Crippen molar-refractivity contribution in [1.29, 1.82) is 0 Å². The Hall–Kier alpha value is -2.02. The van der Waals surface area contributed by atoms with Crippen LogP contribution in [-0.2, 0) is 11.0 Å². The molecule has 5 rings (SSSR count). The van der Waals surface area contributed by atoms with Crippen LogP contribution in [0.1, 0.15) is 65.4 Å². The van der Waals surface area contributed by atoms with E-state index in [0.29, 0.717) is 22.0 Å². The second-order valence-electron chi connectivity index (χ2n) is 9.83. The summed E-state index contributed by atoms with van der Waals surface area (Å²) in [6, 6.07) is 9.96. The SMILES string of the molecule is CN1CCCC1CCCCC=O.NC(=O)c1cc2nc(CP(O)O)ccc2s1.OSN1CC(c2cccnc2)C1. The van der Waals surface area contributed by atoms with Crippen LogP contribution in [-0.4, -0.2) is 78.4 Å². The molecule has 0 spiro atoms. The number of amides is 1. The number of aromatic nitrogens is 2. The number of pyridine rings is 2. The first-order valence-corrected chi connectivity index (χ1v) is 16.2. The Morgan fingerprint density at radius 2 is 2.08 bits per heavy atom. The van der Waals surface area contributed by atoms with Crippen LogP contribution < -0.4 is 5.73 Å². The van der Waals surface area contributed by atoms with Gasteiger partial charge in [0.25, 0.3) is 5.91 Å². The third kappa shape index (κ3) is 10.4. The highest BCUT2D eigenvalue weighted by molar-refractivity contribution is 7.91. The summed E-state index contributed by atoms with van der Waals surface area (Å²) in [5.74, 6) is 0.0782. The van der Waals surface area contributed by atoms with E-state index in [2.05, 4.69) is 28.0 Å². The monoisotopic (exact) mass is 607 g/mol. The first-order chi connectivity index (χ1) is 19.3. The lowest BCUT2D eigenvalue weighted by Crippen LogP contribution is -2.39. The van der Waals surface area contributed by atoms with Crippen LogP contribution >= 0.6 is 31.9 Å². The molecule has 13 heteroatoms. The Morgan fingerprint density at radius 1 is 1.27 bits per heavy atom. The van der Waals surface area contributed by atoms with Crippen LogP contribution in [0.2, 0.25) is 0 Å². The average molecular weight is 608 g/mol. The van der Waals surface area contributed by atoms with E-state index in [1.54, 1.807) is 24.4 Å². The smallest absolute Gasteiger partial charge is 0.258 e. The lowest BCUT2D eigenvalue weighted by molar-refractivity contribution is -0.107. The molecule has 5 N–H and O–H groups in total. The number of likely N-dealkylation sites (tertiary alicyclic amines) is 1. The molecule has 0 radical (unpaired) electrons. The second kappa shape index (κ2) is 17.1. The zero-order valence-corrected chi connectivity index (χ0v) is 25.2. The van der Waals surface area contributed by atoms with E-state index in [0.717, 1.165) is 55.2 Å². The summed E-state index contributed by atoms with van der Waals surface area (Å²) in [5.41, 5.74) is 7.68. The van der Waals surface area contributed by atoms with Crippen LogP contribution in [0.3, 0.4) is 0 Å². The molecular formula is C27H38N5O5PS2. The molecule has 2 saturated heterocycles. The van der Waals surface area contributed by atoms with Gasteiger partial charge in [0, 0.05) is 43.9 Å². The number of carbonyl (C=O) groups is 2. The van der Waals surface area contributed by atoms with E-state index in [-0.39, 0.29) is 6.16 Å². The van der Waals surface area contributed by atoms with Gasteiger partial charge in [-0.2, -0.15) is 0 Å². The minimum atomic E-state index is -1.99. The Morgan fingerprint density at radius 3 is 2.67 bits per heavy atom. The summed E-state index contributed by atoms with van der Waals surface area (Å²) in [4.78, 5) is 49.9. The van der Waals surface area contributed by atoms with E-state index < -0.39 is 14.3 Å². The molecule has 3 aromatic rings. The molecule has 1 unspecified atom stereocenters. The number of nitrogens with two attached hydrogens (primary N) is 1. The normalized spacial score (nSPS) is 17.6. The molecule has 40 heavy (non-hydrogen) atoms. The zero-order chi connectivity index (χ0) is 28.9. The summed E-state index contributed by atoms with van der Waals surface area (Å²) in [7, 11) is 0.217. The van der Waals surface area contributed by atoms with E-state index in [1.807, 2.05) is 16.6 Å². The Bertz CT molecular complexity index is 1200. The van der Waals surface area contributed by atoms with Gasteiger partial charge in [-0.25, -0.2) is 4.31 Å². The van der Waals surface area contributed by atoms with E-state index in [1.165, 1.54) is 49.1 Å². The third-order valence-electron chi connectivity index (χ3n) is 6.88. The van der Waals surface area contributed by atoms with Gasteiger partial charge < -0.3 is 29.8 Å². The van der Waals surface area contributed by atoms with Gasteiger partial charge in [0.2, 0.25) is 0 Å². The molecule has 2 aliphatic heterocycles. The van der Waals surface area contributed by atoms with Crippen molar-refractivity contribution in [3.63, 3.8) is 0 Å². The number of fused-ring (bicyclic) bond motifs is 1. The highest BCUT2D eigenvalue weighted by Gasteiger charge is 2.28. The number of thiophene rings is 1. The summed E-state index contributed by atoms with van der Waals surface area (Å²) in [6.45, 7) is 3.11. The number of unbranched alkanes of at least 4 members (excludes halogenated alkanes) is 2. The first-order valence-electron chi connectivity index (χ1n) is 13.3. The summed E-state index contributed by atoms with van der Waals surface area (Å²) < 4.78 is 11.5. The predicted octanol–water partition coefficient (Wildman–Crippen LogP) is 4.63. The second-order valence-corrected chi connectivity index (χ2v) is 12.7. The van der Waals surface area contributed by atoms with Crippen molar-refractivity contribution < 1.29 is 23.9 Å². The fourth-order valence-corrected chi connectivity index (χ4v) is 6.42. The first kappa shape index (κ1) is 32.5. The van der Waals surface area contributed by atoms with Gasteiger partial charge in [-0.1, -0.05) is 12.5 Å². The molecule has 2 fully saturated rings. The van der Waals surface area contributed by atoms with Crippen molar-refractivity contribution in [2.45, 2.75) is 56.6 Å². The number of nitrogens with zero attached hydrogens (tertiary/aromatic N) is 4. The standard InChI is InChI=1S/C10H19NO.C9H9N2O3PS.C8H10N2OS/c1-11-8-5-7-10(11)6-3-2-4-9-12;10-9(12)8-3-6-7(16-8)2-1-5(11-6)4-15(13)14;11-12-10-5-8(6-10)7-2-1-3-9-4-7/h9-10H,2-8H2,1H3;1-3,13-14H,4H2,(H2,10,12);1-4,8,11H,5-6H2. The molecule has 1 amide bonds. The topological polar surface area (TPSA) is 153 Å². The molecule has 1 atom stereocenters. The fraction of sp³-hybridized carbons (Fsp3) is 0.481. The predicted molar refractivity (Wildman–Crippen MR) is 162 cm³/mol. The van der Waals surface area contributed by atoms with Crippen molar-refractivity contribution >= 4 is 54.4 Å². The van der Waals surface area contributed by atoms with Crippen LogP contribution in [0.5, 0.6) is 0 Å². The highest BCUT2D eigenvalue weighted by atomic mass is 32.2. The number of hydrogen-bond donors (Lipinski definition) is 4. The van der Waals surface area contributed by atoms with Gasteiger partial charge in [-0.05, 0) is 69.1 Å². The maximum atomic E-state index is 11.0. The van der Waals surface area contributed by atoms with Gasteiger partial charge in [0.05, 0.1) is 39.2 Å². The van der Waals surface area contributed by atoms with Gasteiger partial charge in [-0.3, -0.25) is 14.8 Å². The minimum absolute atomic E-state index is 0.132. The maximum Gasteiger partial charge on any atom is 0.258 e. The van der Waals surface area contributed by atoms with Crippen molar-refractivity contribution in [3.05, 3.63) is 58.9 Å². The number of carbonyl (C=O) groups excluding carboxylic acids is 2. The number of primary amides is 1. The van der Waals surface area contributed by atoms with Crippen molar-refractivity contribution in [2.75, 3.05) is 26.7 Å². The molecule has 0 bridgehead atoms. The molecule has 3 aromatic heterocycles. The molecular weight excluding hydrogens is 569 g/mol. The van der Waals surface area contributed by atoms with Gasteiger partial charge >= 0.3 is 0 Å². The Kier molecular flexibility index (Phi) is 13.9. The molecule has 2 aliphatic rings. The fourth-order valence-electron chi connectivity index (χ4n) is 4.61. The van der Waals surface area contributed by atoms with Crippen molar-refractivity contribution in [2.24, 2.45) is 5.73 Å². The highest BCUT2D eigenvalue weighted by Crippen LogP contribution is 2.31. The molecule has 0 aliphatic carbocycles. The molecule has 218 valence electrons. The Balaban J connectivity index is 0.000000168. The Labute approximate surface area is 244 Å². The lowest BCUT2D eigenvalue weighted by Gasteiger charge is -2.35. The van der Waals surface area contributed by atoms with E-state index >= 15 is 0 Å². The van der Waals surface area contributed by atoms with Crippen LogP contribution in [0.15, 0.2) is 42.7 Å². The number of rotatable bonds is 10. The summed E-state index contributed by atoms with van der Waals surface area (Å²) >= 11 is 2.10. The largest absolute Gasteiger partial charge is 0.365 e. The molecule has 5 heterocycles. The van der Waals surface area contributed by atoms with Crippen molar-refractivity contribution in [3.8, 4) is 0 Å². The van der Waals surface area contributed by atoms with E-state index in [4.69, 9.17) is 20.1 Å². The molecule has 10 nitrogen and oxygen atoms in total. The summed E-state index contributed by atoms with van der Waals surface area (Å²) in [5, 5.41) is 0. The molecule has 0 aromatic carbocycles. The summed E-state index contributed by atoms with van der Waals surface area (Å²) in [6.07, 6.45) is 11.9. The number of aldehydes is 1. The van der Waals surface area contributed by atoms with Crippen LogP contribution in [0, 0.1) is 0 Å². The van der Waals surface area contributed by atoms with E-state index in [9.17, 15) is 9.59 Å². The minimum Gasteiger partial charge on any atom is -0.365 e.